The first-order valence-corrected chi connectivity index (χ1v) is 7.29. The number of aromatic nitrogens is 2. The molecule has 1 N–H and O–H groups in total. The molecule has 1 aliphatic carbocycles. The maximum atomic E-state index is 4.57. The summed E-state index contributed by atoms with van der Waals surface area (Å²) < 4.78 is 2.23. The van der Waals surface area contributed by atoms with Crippen LogP contribution in [0.2, 0.25) is 0 Å². The van der Waals surface area contributed by atoms with Crippen molar-refractivity contribution in [1.82, 2.24) is 9.55 Å². The minimum atomic E-state index is 0.650. The standard InChI is InChI=1S/C14H19N3S/c1-9-6-13(18-11(9)3)8-17-7-10(2)15-14(17)16-12-4-5-12/h6-7,12H,4-5,8H2,1-3H3,(H,15,16). The van der Waals surface area contributed by atoms with Crippen molar-refractivity contribution in [2.75, 3.05) is 5.32 Å². The number of thiophene rings is 1. The number of hydrogen-bond donors (Lipinski definition) is 1. The molecule has 18 heavy (non-hydrogen) atoms. The van der Waals surface area contributed by atoms with Gasteiger partial charge in [0.1, 0.15) is 0 Å². The predicted molar refractivity (Wildman–Crippen MR) is 76.5 cm³/mol. The van der Waals surface area contributed by atoms with Crippen molar-refractivity contribution in [3.63, 3.8) is 0 Å². The molecule has 2 aromatic rings. The minimum Gasteiger partial charge on any atom is -0.353 e. The normalized spacial score (nSPS) is 15.1. The van der Waals surface area contributed by atoms with E-state index in [4.69, 9.17) is 0 Å². The van der Waals surface area contributed by atoms with Crippen LogP contribution < -0.4 is 5.32 Å². The number of rotatable bonds is 4. The molecule has 2 aromatic heterocycles. The van der Waals surface area contributed by atoms with E-state index in [1.165, 1.54) is 28.2 Å². The van der Waals surface area contributed by atoms with Crippen molar-refractivity contribution in [2.45, 2.75) is 46.2 Å². The molecule has 0 atom stereocenters. The summed E-state index contributed by atoms with van der Waals surface area (Å²) in [6.45, 7) is 7.35. The first-order valence-electron chi connectivity index (χ1n) is 6.48. The molecule has 1 fully saturated rings. The highest BCUT2D eigenvalue weighted by Gasteiger charge is 2.23. The van der Waals surface area contributed by atoms with Gasteiger partial charge in [0.15, 0.2) is 0 Å². The first kappa shape index (κ1) is 11.8. The first-order chi connectivity index (χ1) is 8.61. The van der Waals surface area contributed by atoms with Crippen LogP contribution in [0.3, 0.4) is 0 Å². The molecule has 1 saturated carbocycles. The average Bonchev–Trinajstić information content (AvgIpc) is 2.96. The Balaban J connectivity index is 1.82. The van der Waals surface area contributed by atoms with Crippen LogP contribution >= 0.6 is 11.3 Å². The third kappa shape index (κ3) is 2.43. The summed E-state index contributed by atoms with van der Waals surface area (Å²) >= 11 is 1.89. The lowest BCUT2D eigenvalue weighted by Gasteiger charge is -2.07. The van der Waals surface area contributed by atoms with Crippen molar-refractivity contribution in [2.24, 2.45) is 0 Å². The molecule has 0 spiro atoms. The van der Waals surface area contributed by atoms with E-state index in [1.54, 1.807) is 0 Å². The van der Waals surface area contributed by atoms with Gasteiger partial charge in [-0.3, -0.25) is 0 Å². The number of nitrogens with one attached hydrogen (secondary N) is 1. The van der Waals surface area contributed by atoms with Crippen LogP contribution in [0.1, 0.15) is 33.9 Å². The van der Waals surface area contributed by atoms with Crippen LogP contribution in [0.5, 0.6) is 0 Å². The Morgan fingerprint density at radius 1 is 1.39 bits per heavy atom. The highest BCUT2D eigenvalue weighted by molar-refractivity contribution is 7.12. The summed E-state index contributed by atoms with van der Waals surface area (Å²) in [5.74, 6) is 1.03. The zero-order valence-electron chi connectivity index (χ0n) is 11.2. The lowest BCUT2D eigenvalue weighted by atomic mass is 10.3. The summed E-state index contributed by atoms with van der Waals surface area (Å²) in [4.78, 5) is 7.39. The van der Waals surface area contributed by atoms with E-state index in [1.807, 2.05) is 11.3 Å². The van der Waals surface area contributed by atoms with E-state index in [9.17, 15) is 0 Å². The van der Waals surface area contributed by atoms with Crippen LogP contribution in [0.4, 0.5) is 5.95 Å². The van der Waals surface area contributed by atoms with Crippen molar-refractivity contribution in [3.05, 3.63) is 33.3 Å². The molecule has 1 aliphatic rings. The van der Waals surface area contributed by atoms with E-state index in [2.05, 4.69) is 47.9 Å². The Kier molecular flexibility index (Phi) is 2.90. The van der Waals surface area contributed by atoms with Crippen LogP contribution in [-0.2, 0) is 6.54 Å². The quantitative estimate of drug-likeness (QED) is 0.913. The van der Waals surface area contributed by atoms with Gasteiger partial charge in [0, 0.05) is 22.0 Å². The van der Waals surface area contributed by atoms with Gasteiger partial charge < -0.3 is 9.88 Å². The van der Waals surface area contributed by atoms with Gasteiger partial charge in [0.2, 0.25) is 5.95 Å². The van der Waals surface area contributed by atoms with E-state index in [-0.39, 0.29) is 0 Å². The molecule has 0 saturated heterocycles. The zero-order valence-corrected chi connectivity index (χ0v) is 12.0. The second-order valence-electron chi connectivity index (χ2n) is 5.20. The molecule has 3 rings (SSSR count). The summed E-state index contributed by atoms with van der Waals surface area (Å²) in [6.07, 6.45) is 4.70. The largest absolute Gasteiger partial charge is 0.353 e. The maximum absolute atomic E-state index is 4.57. The van der Waals surface area contributed by atoms with Gasteiger partial charge in [0.05, 0.1) is 12.2 Å². The molecule has 0 unspecified atom stereocenters. The van der Waals surface area contributed by atoms with Gasteiger partial charge >= 0.3 is 0 Å². The van der Waals surface area contributed by atoms with Crippen molar-refractivity contribution < 1.29 is 0 Å². The summed E-state index contributed by atoms with van der Waals surface area (Å²) in [6, 6.07) is 2.94. The van der Waals surface area contributed by atoms with E-state index in [0.29, 0.717) is 6.04 Å². The minimum absolute atomic E-state index is 0.650. The molecular formula is C14H19N3S. The van der Waals surface area contributed by atoms with Crippen molar-refractivity contribution in [3.8, 4) is 0 Å². The van der Waals surface area contributed by atoms with Crippen LogP contribution in [0.15, 0.2) is 12.3 Å². The molecule has 2 heterocycles. The summed E-state index contributed by atoms with van der Waals surface area (Å²) in [7, 11) is 0. The van der Waals surface area contributed by atoms with Gasteiger partial charge in [-0.2, -0.15) is 0 Å². The zero-order chi connectivity index (χ0) is 12.7. The summed E-state index contributed by atoms with van der Waals surface area (Å²) in [5.41, 5.74) is 2.48. The number of hydrogen-bond acceptors (Lipinski definition) is 3. The molecule has 0 bridgehead atoms. The van der Waals surface area contributed by atoms with E-state index < -0.39 is 0 Å². The fraction of sp³-hybridized carbons (Fsp3) is 0.500. The lowest BCUT2D eigenvalue weighted by molar-refractivity contribution is 0.807. The van der Waals surface area contributed by atoms with E-state index in [0.717, 1.165) is 18.2 Å². The molecule has 96 valence electrons. The molecular weight excluding hydrogens is 242 g/mol. The van der Waals surface area contributed by atoms with Crippen LogP contribution in [-0.4, -0.2) is 15.6 Å². The fourth-order valence-corrected chi connectivity index (χ4v) is 3.14. The lowest BCUT2D eigenvalue weighted by Crippen LogP contribution is -2.09. The van der Waals surface area contributed by atoms with Crippen LogP contribution in [0, 0.1) is 20.8 Å². The highest BCUT2D eigenvalue weighted by atomic mass is 32.1. The van der Waals surface area contributed by atoms with Gasteiger partial charge in [0.25, 0.3) is 0 Å². The topological polar surface area (TPSA) is 29.9 Å². The second kappa shape index (κ2) is 4.43. The highest BCUT2D eigenvalue weighted by Crippen LogP contribution is 2.26. The Labute approximate surface area is 112 Å². The van der Waals surface area contributed by atoms with Crippen molar-refractivity contribution in [1.29, 1.82) is 0 Å². The van der Waals surface area contributed by atoms with Crippen molar-refractivity contribution >= 4 is 17.3 Å². The maximum Gasteiger partial charge on any atom is 0.203 e. The molecule has 3 nitrogen and oxygen atoms in total. The van der Waals surface area contributed by atoms with E-state index >= 15 is 0 Å². The molecule has 4 heteroatoms. The Bertz CT molecular complexity index is 544. The molecule has 0 aromatic carbocycles. The Hall–Kier alpha value is -1.29. The monoisotopic (exact) mass is 261 g/mol. The molecule has 0 amide bonds. The van der Waals surface area contributed by atoms with Gasteiger partial charge in [-0.15, -0.1) is 11.3 Å². The Morgan fingerprint density at radius 2 is 2.17 bits per heavy atom. The van der Waals surface area contributed by atoms with Gasteiger partial charge in [-0.05, 0) is 45.2 Å². The third-order valence-electron chi connectivity index (χ3n) is 3.35. The SMILES string of the molecule is Cc1cn(Cc2cc(C)c(C)s2)c(NC2CC2)n1. The number of imidazole rings is 1. The van der Waals surface area contributed by atoms with Gasteiger partial charge in [-0.25, -0.2) is 4.98 Å². The smallest absolute Gasteiger partial charge is 0.203 e. The van der Waals surface area contributed by atoms with Crippen LogP contribution in [0.25, 0.3) is 0 Å². The average molecular weight is 261 g/mol. The summed E-state index contributed by atoms with van der Waals surface area (Å²) in [5, 5.41) is 3.50. The fourth-order valence-electron chi connectivity index (χ4n) is 2.09. The third-order valence-corrected chi connectivity index (χ3v) is 4.49. The molecule has 0 radical (unpaired) electrons. The molecule has 0 aliphatic heterocycles. The number of aryl methyl sites for hydroxylation is 3. The number of nitrogens with zero attached hydrogens (tertiary/aromatic N) is 2. The predicted octanol–water partition coefficient (Wildman–Crippen LogP) is 3.49. The Morgan fingerprint density at radius 3 is 2.78 bits per heavy atom. The second-order valence-corrected chi connectivity index (χ2v) is 6.55. The van der Waals surface area contributed by atoms with Gasteiger partial charge in [-0.1, -0.05) is 0 Å². The number of anilines is 1.